The summed E-state index contributed by atoms with van der Waals surface area (Å²) in [4.78, 5) is 27.9. The third-order valence-electron chi connectivity index (χ3n) is 2.97. The molecule has 2 aromatic rings. The predicted octanol–water partition coefficient (Wildman–Crippen LogP) is 2.69. The van der Waals surface area contributed by atoms with Crippen LogP contribution in [-0.2, 0) is 16.1 Å². The first-order chi connectivity index (χ1) is 10.6. The van der Waals surface area contributed by atoms with Gasteiger partial charge in [0.2, 0.25) is 5.91 Å². The molecular formula is C15H18N2O3S2. The number of hydrogen-bond donors (Lipinski definition) is 0. The fourth-order valence-electron chi connectivity index (χ4n) is 2.03. The number of thioether (sulfide) groups is 1. The molecule has 22 heavy (non-hydrogen) atoms. The zero-order valence-electron chi connectivity index (χ0n) is 12.8. The lowest BCUT2D eigenvalue weighted by Gasteiger charge is -2.05. The molecule has 0 atom stereocenters. The van der Waals surface area contributed by atoms with Crippen molar-refractivity contribution in [3.8, 4) is 0 Å². The van der Waals surface area contributed by atoms with Crippen molar-refractivity contribution in [2.24, 2.45) is 4.99 Å². The van der Waals surface area contributed by atoms with Crippen LogP contribution in [0.4, 0.5) is 0 Å². The first-order valence-corrected chi connectivity index (χ1v) is 9.12. The van der Waals surface area contributed by atoms with Crippen molar-refractivity contribution >= 4 is 45.2 Å². The van der Waals surface area contributed by atoms with Crippen LogP contribution in [0.1, 0.15) is 24.2 Å². The Morgan fingerprint density at radius 3 is 2.82 bits per heavy atom. The van der Waals surface area contributed by atoms with Gasteiger partial charge in [-0.2, -0.15) is 16.8 Å². The van der Waals surface area contributed by atoms with Gasteiger partial charge in [0, 0.05) is 19.2 Å². The summed E-state index contributed by atoms with van der Waals surface area (Å²) in [6.45, 7) is 4.33. The second-order valence-corrected chi connectivity index (χ2v) is 6.56. The number of hydrogen-bond acceptors (Lipinski definition) is 5. The summed E-state index contributed by atoms with van der Waals surface area (Å²) in [6, 6.07) is 5.44. The number of thiazole rings is 1. The highest BCUT2D eigenvalue weighted by Crippen LogP contribution is 2.20. The van der Waals surface area contributed by atoms with E-state index in [0.717, 1.165) is 22.5 Å². The Morgan fingerprint density at radius 1 is 1.41 bits per heavy atom. The Kier molecular flexibility index (Phi) is 5.79. The third kappa shape index (κ3) is 3.78. The highest BCUT2D eigenvalue weighted by Gasteiger charge is 2.11. The molecule has 0 aliphatic rings. The maximum absolute atomic E-state index is 11.8. The van der Waals surface area contributed by atoms with E-state index in [2.05, 4.69) is 4.99 Å². The molecule has 0 bridgehead atoms. The minimum atomic E-state index is -0.335. The molecule has 1 aromatic heterocycles. The summed E-state index contributed by atoms with van der Waals surface area (Å²) in [6.07, 6.45) is 2.04. The topological polar surface area (TPSA) is 60.7 Å². The van der Waals surface area contributed by atoms with Gasteiger partial charge in [-0.3, -0.25) is 4.79 Å². The van der Waals surface area contributed by atoms with Gasteiger partial charge in [0.15, 0.2) is 4.80 Å². The maximum atomic E-state index is 11.8. The smallest absolute Gasteiger partial charge is 0.338 e. The average molecular weight is 338 g/mol. The van der Waals surface area contributed by atoms with Gasteiger partial charge < -0.3 is 9.30 Å². The van der Waals surface area contributed by atoms with Crippen molar-refractivity contribution in [2.75, 3.05) is 18.6 Å². The van der Waals surface area contributed by atoms with Crippen molar-refractivity contribution in [3.63, 3.8) is 0 Å². The standard InChI is InChI=1S/C15H18N2O3S2/c1-4-20-14(19)11-5-6-12-13(9-11)22-15(16-10(2)18)17(12)7-8-21-3/h5-6,9H,4,7-8H2,1-3H3. The molecule has 0 spiro atoms. The number of esters is 1. The number of carbonyl (C=O) groups is 2. The molecular weight excluding hydrogens is 320 g/mol. The molecule has 0 aliphatic heterocycles. The van der Waals surface area contributed by atoms with Gasteiger partial charge >= 0.3 is 5.97 Å². The number of aromatic nitrogens is 1. The van der Waals surface area contributed by atoms with Gasteiger partial charge in [0.25, 0.3) is 0 Å². The van der Waals surface area contributed by atoms with Crippen LogP contribution in [-0.4, -0.2) is 35.1 Å². The second-order valence-electron chi connectivity index (χ2n) is 4.56. The molecule has 0 radical (unpaired) electrons. The first kappa shape index (κ1) is 16.8. The van der Waals surface area contributed by atoms with E-state index >= 15 is 0 Å². The molecule has 0 saturated carbocycles. The highest BCUT2D eigenvalue weighted by atomic mass is 32.2. The van der Waals surface area contributed by atoms with E-state index in [1.807, 2.05) is 16.9 Å². The molecule has 0 fully saturated rings. The number of rotatable bonds is 5. The second kappa shape index (κ2) is 7.60. The van der Waals surface area contributed by atoms with E-state index < -0.39 is 0 Å². The van der Waals surface area contributed by atoms with Crippen molar-refractivity contribution in [1.82, 2.24) is 4.57 Å². The number of carbonyl (C=O) groups excluding carboxylic acids is 2. The molecule has 118 valence electrons. The summed E-state index contributed by atoms with van der Waals surface area (Å²) < 4.78 is 7.96. The number of amides is 1. The molecule has 5 nitrogen and oxygen atoms in total. The summed E-state index contributed by atoms with van der Waals surface area (Å²) in [5.74, 6) is 0.366. The minimum Gasteiger partial charge on any atom is -0.462 e. The maximum Gasteiger partial charge on any atom is 0.338 e. The van der Waals surface area contributed by atoms with Crippen molar-refractivity contribution in [2.45, 2.75) is 20.4 Å². The van der Waals surface area contributed by atoms with Crippen molar-refractivity contribution in [3.05, 3.63) is 28.6 Å². The van der Waals surface area contributed by atoms with E-state index in [1.165, 1.54) is 18.3 Å². The van der Waals surface area contributed by atoms with E-state index in [4.69, 9.17) is 4.74 Å². The Hall–Kier alpha value is -1.60. The minimum absolute atomic E-state index is 0.227. The van der Waals surface area contributed by atoms with E-state index in [1.54, 1.807) is 30.8 Å². The van der Waals surface area contributed by atoms with Gasteiger partial charge in [0.05, 0.1) is 22.4 Å². The van der Waals surface area contributed by atoms with Crippen LogP contribution in [0.25, 0.3) is 10.2 Å². The average Bonchev–Trinajstić information content (AvgIpc) is 2.80. The number of nitrogens with zero attached hydrogens (tertiary/aromatic N) is 2. The number of fused-ring (bicyclic) bond motifs is 1. The predicted molar refractivity (Wildman–Crippen MR) is 90.4 cm³/mol. The van der Waals surface area contributed by atoms with Crippen LogP contribution < -0.4 is 4.80 Å². The Morgan fingerprint density at radius 2 is 2.18 bits per heavy atom. The van der Waals surface area contributed by atoms with Crippen LogP contribution >= 0.6 is 23.1 Å². The number of aryl methyl sites for hydroxylation is 1. The zero-order chi connectivity index (χ0) is 16.1. The van der Waals surface area contributed by atoms with Crippen LogP contribution in [0.2, 0.25) is 0 Å². The van der Waals surface area contributed by atoms with Gasteiger partial charge in [-0.15, -0.1) is 0 Å². The van der Waals surface area contributed by atoms with E-state index in [9.17, 15) is 9.59 Å². The summed E-state index contributed by atoms with van der Waals surface area (Å²) >= 11 is 3.14. The third-order valence-corrected chi connectivity index (χ3v) is 4.60. The largest absolute Gasteiger partial charge is 0.462 e. The molecule has 0 N–H and O–H groups in total. The number of ether oxygens (including phenoxy) is 1. The quantitative estimate of drug-likeness (QED) is 0.787. The van der Waals surface area contributed by atoms with Crippen LogP contribution in [0.15, 0.2) is 23.2 Å². The Balaban J connectivity index is 2.55. The summed E-state index contributed by atoms with van der Waals surface area (Å²) in [5, 5.41) is 0. The SMILES string of the molecule is CCOC(=O)c1ccc2c(c1)sc(=NC(C)=O)n2CCSC. The fraction of sp³-hybridized carbons (Fsp3) is 0.400. The van der Waals surface area contributed by atoms with Crippen LogP contribution in [0.5, 0.6) is 0 Å². The Bertz CT molecular complexity index is 762. The number of benzene rings is 1. The van der Waals surface area contributed by atoms with E-state index in [-0.39, 0.29) is 11.9 Å². The highest BCUT2D eigenvalue weighted by molar-refractivity contribution is 7.98. The first-order valence-electron chi connectivity index (χ1n) is 6.91. The molecule has 0 saturated heterocycles. The van der Waals surface area contributed by atoms with Gasteiger partial charge in [-0.25, -0.2) is 4.79 Å². The monoisotopic (exact) mass is 338 g/mol. The molecule has 0 unspecified atom stereocenters. The molecule has 0 aliphatic carbocycles. The van der Waals surface area contributed by atoms with Gasteiger partial charge in [-0.05, 0) is 31.4 Å². The molecule has 2 rings (SSSR count). The Labute approximate surface area is 137 Å². The van der Waals surface area contributed by atoms with Gasteiger partial charge in [-0.1, -0.05) is 11.3 Å². The van der Waals surface area contributed by atoms with Crippen LogP contribution in [0, 0.1) is 0 Å². The van der Waals surface area contributed by atoms with Gasteiger partial charge in [0.1, 0.15) is 0 Å². The molecule has 1 aromatic carbocycles. The lowest BCUT2D eigenvalue weighted by molar-refractivity contribution is -0.116. The normalized spacial score (nSPS) is 11.9. The lowest BCUT2D eigenvalue weighted by Crippen LogP contribution is -2.17. The van der Waals surface area contributed by atoms with Crippen LogP contribution in [0.3, 0.4) is 0 Å². The zero-order valence-corrected chi connectivity index (χ0v) is 14.4. The molecule has 7 heteroatoms. The lowest BCUT2D eigenvalue weighted by atomic mass is 10.2. The van der Waals surface area contributed by atoms with Crippen molar-refractivity contribution < 1.29 is 14.3 Å². The fourth-order valence-corrected chi connectivity index (χ4v) is 3.54. The van der Waals surface area contributed by atoms with E-state index in [0.29, 0.717) is 17.0 Å². The molecule has 1 heterocycles. The van der Waals surface area contributed by atoms with Crippen molar-refractivity contribution in [1.29, 1.82) is 0 Å². The summed E-state index contributed by atoms with van der Waals surface area (Å²) in [5.41, 5.74) is 1.49. The summed E-state index contributed by atoms with van der Waals surface area (Å²) in [7, 11) is 0. The molecule has 1 amide bonds.